The number of benzene rings is 1. The van der Waals surface area contributed by atoms with Gasteiger partial charge in [0.2, 0.25) is 0 Å². The van der Waals surface area contributed by atoms with Crippen molar-refractivity contribution in [3.8, 4) is 11.5 Å². The molecule has 92 valence electrons. The monoisotopic (exact) mass is 233 g/mol. The van der Waals surface area contributed by atoms with Crippen LogP contribution < -0.4 is 4.74 Å². The zero-order valence-corrected chi connectivity index (χ0v) is 10.5. The molecule has 0 atom stereocenters. The van der Waals surface area contributed by atoms with Crippen LogP contribution in [-0.2, 0) is 19.4 Å². The Labute approximate surface area is 102 Å². The fourth-order valence-corrected chi connectivity index (χ4v) is 2.99. The molecule has 0 saturated carbocycles. The summed E-state index contributed by atoms with van der Waals surface area (Å²) in [6.07, 6.45) is 4.43. The minimum absolute atomic E-state index is 0.511. The molecule has 0 fully saturated rings. The highest BCUT2D eigenvalue weighted by molar-refractivity contribution is 5.59. The van der Waals surface area contributed by atoms with Gasteiger partial charge in [-0.3, -0.25) is 4.90 Å². The van der Waals surface area contributed by atoms with Crippen molar-refractivity contribution in [1.29, 1.82) is 0 Å². The van der Waals surface area contributed by atoms with E-state index in [1.54, 1.807) is 0 Å². The van der Waals surface area contributed by atoms with Crippen LogP contribution in [0.1, 0.15) is 35.1 Å². The summed E-state index contributed by atoms with van der Waals surface area (Å²) in [6, 6.07) is 0. The van der Waals surface area contributed by atoms with Crippen LogP contribution in [0.4, 0.5) is 0 Å². The van der Waals surface area contributed by atoms with Crippen molar-refractivity contribution in [2.45, 2.75) is 39.2 Å². The number of hydrogen-bond acceptors (Lipinski definition) is 3. The lowest BCUT2D eigenvalue weighted by Gasteiger charge is -2.32. The van der Waals surface area contributed by atoms with E-state index in [-0.39, 0.29) is 0 Å². The van der Waals surface area contributed by atoms with Crippen LogP contribution in [-0.4, -0.2) is 23.8 Å². The highest BCUT2D eigenvalue weighted by atomic mass is 16.5. The van der Waals surface area contributed by atoms with E-state index in [1.807, 2.05) is 14.0 Å². The Bertz CT molecular complexity index is 468. The molecule has 3 nitrogen and oxygen atoms in total. The molecule has 0 amide bonds. The van der Waals surface area contributed by atoms with Gasteiger partial charge in [-0.25, -0.2) is 0 Å². The molecule has 1 aliphatic carbocycles. The SMILES string of the molecule is Cc1c(O)c2c(c3c1CN(C)CO3)CCCC2. The minimum atomic E-state index is 0.511. The fraction of sp³-hybridized carbons (Fsp3) is 0.571. The second-order valence-electron chi connectivity index (χ2n) is 5.23. The van der Waals surface area contributed by atoms with Crippen LogP contribution in [0.3, 0.4) is 0 Å². The second kappa shape index (κ2) is 3.91. The third-order valence-corrected chi connectivity index (χ3v) is 3.97. The van der Waals surface area contributed by atoms with Crippen LogP contribution in [0.15, 0.2) is 0 Å². The fourth-order valence-electron chi connectivity index (χ4n) is 2.99. The summed E-state index contributed by atoms with van der Waals surface area (Å²) in [6.45, 7) is 3.54. The van der Waals surface area contributed by atoms with Crippen molar-refractivity contribution in [1.82, 2.24) is 4.90 Å². The lowest BCUT2D eigenvalue weighted by molar-refractivity contribution is 0.119. The van der Waals surface area contributed by atoms with Crippen LogP contribution >= 0.6 is 0 Å². The van der Waals surface area contributed by atoms with Gasteiger partial charge in [-0.1, -0.05) is 0 Å². The number of aromatic hydroxyl groups is 1. The van der Waals surface area contributed by atoms with E-state index in [1.165, 1.54) is 24.0 Å². The van der Waals surface area contributed by atoms with Gasteiger partial charge in [-0.05, 0) is 45.2 Å². The first kappa shape index (κ1) is 10.9. The Morgan fingerprint density at radius 1 is 1.12 bits per heavy atom. The van der Waals surface area contributed by atoms with E-state index >= 15 is 0 Å². The minimum Gasteiger partial charge on any atom is -0.507 e. The van der Waals surface area contributed by atoms with Crippen LogP contribution in [0.5, 0.6) is 11.5 Å². The van der Waals surface area contributed by atoms with E-state index in [4.69, 9.17) is 4.74 Å². The van der Waals surface area contributed by atoms with Gasteiger partial charge < -0.3 is 9.84 Å². The molecular weight excluding hydrogens is 214 g/mol. The predicted molar refractivity (Wildman–Crippen MR) is 66.4 cm³/mol. The van der Waals surface area contributed by atoms with Gasteiger partial charge >= 0.3 is 0 Å². The molecule has 0 bridgehead atoms. The van der Waals surface area contributed by atoms with E-state index in [0.29, 0.717) is 12.5 Å². The van der Waals surface area contributed by atoms with E-state index in [2.05, 4.69) is 4.90 Å². The summed E-state index contributed by atoms with van der Waals surface area (Å²) in [4.78, 5) is 2.13. The molecule has 0 spiro atoms. The number of phenols is 1. The van der Waals surface area contributed by atoms with Crippen molar-refractivity contribution in [3.63, 3.8) is 0 Å². The van der Waals surface area contributed by atoms with Gasteiger partial charge in [-0.2, -0.15) is 0 Å². The Kier molecular flexibility index (Phi) is 2.51. The Hall–Kier alpha value is -1.22. The maximum atomic E-state index is 10.3. The van der Waals surface area contributed by atoms with Crippen LogP contribution in [0.25, 0.3) is 0 Å². The van der Waals surface area contributed by atoms with Gasteiger partial charge in [0.15, 0.2) is 0 Å². The van der Waals surface area contributed by atoms with Gasteiger partial charge in [0.25, 0.3) is 0 Å². The summed E-state index contributed by atoms with van der Waals surface area (Å²) in [7, 11) is 2.04. The summed E-state index contributed by atoms with van der Waals surface area (Å²) < 4.78 is 5.88. The second-order valence-corrected chi connectivity index (χ2v) is 5.23. The third kappa shape index (κ3) is 1.61. The number of ether oxygens (including phenoxy) is 1. The van der Waals surface area contributed by atoms with Crippen molar-refractivity contribution in [2.75, 3.05) is 13.8 Å². The van der Waals surface area contributed by atoms with Gasteiger partial charge in [0.05, 0.1) is 0 Å². The lowest BCUT2D eigenvalue weighted by atomic mass is 9.86. The highest BCUT2D eigenvalue weighted by Crippen LogP contribution is 2.43. The quantitative estimate of drug-likeness (QED) is 0.746. The third-order valence-electron chi connectivity index (χ3n) is 3.97. The zero-order chi connectivity index (χ0) is 12.0. The molecule has 1 aromatic carbocycles. The first-order valence-corrected chi connectivity index (χ1v) is 6.36. The van der Waals surface area contributed by atoms with Crippen LogP contribution in [0, 0.1) is 6.92 Å². The summed E-state index contributed by atoms with van der Waals surface area (Å²) in [5.41, 5.74) is 4.59. The molecule has 1 heterocycles. The topological polar surface area (TPSA) is 32.7 Å². The maximum Gasteiger partial charge on any atom is 0.142 e. The van der Waals surface area contributed by atoms with E-state index in [9.17, 15) is 5.11 Å². The van der Waals surface area contributed by atoms with Crippen molar-refractivity contribution < 1.29 is 9.84 Å². The molecular formula is C14H19NO2. The molecule has 3 heteroatoms. The molecule has 1 aliphatic heterocycles. The van der Waals surface area contributed by atoms with Crippen molar-refractivity contribution in [3.05, 3.63) is 22.3 Å². The average Bonchev–Trinajstić information content (AvgIpc) is 2.36. The largest absolute Gasteiger partial charge is 0.507 e. The number of phenolic OH excluding ortho intramolecular Hbond substituents is 1. The smallest absolute Gasteiger partial charge is 0.142 e. The normalized spacial score (nSPS) is 19.4. The predicted octanol–water partition coefficient (Wildman–Crippen LogP) is 2.36. The Morgan fingerprint density at radius 2 is 1.82 bits per heavy atom. The summed E-state index contributed by atoms with van der Waals surface area (Å²) in [5.74, 6) is 1.57. The lowest BCUT2D eigenvalue weighted by Crippen LogP contribution is -2.30. The zero-order valence-electron chi connectivity index (χ0n) is 10.5. The highest BCUT2D eigenvalue weighted by Gasteiger charge is 2.27. The Morgan fingerprint density at radius 3 is 2.59 bits per heavy atom. The number of fused-ring (bicyclic) bond motifs is 3. The van der Waals surface area contributed by atoms with Gasteiger partial charge in [0, 0.05) is 23.2 Å². The molecule has 0 radical (unpaired) electrons. The molecule has 2 aliphatic rings. The van der Waals surface area contributed by atoms with Gasteiger partial charge in [0.1, 0.15) is 18.2 Å². The molecule has 1 aromatic rings. The van der Waals surface area contributed by atoms with Crippen molar-refractivity contribution >= 4 is 0 Å². The van der Waals surface area contributed by atoms with Crippen LogP contribution in [0.2, 0.25) is 0 Å². The number of rotatable bonds is 0. The molecule has 0 aromatic heterocycles. The summed E-state index contributed by atoms with van der Waals surface area (Å²) in [5, 5.41) is 10.3. The molecule has 0 saturated heterocycles. The van der Waals surface area contributed by atoms with E-state index in [0.717, 1.165) is 36.3 Å². The molecule has 3 rings (SSSR count). The number of nitrogens with zero attached hydrogens (tertiary/aromatic N) is 1. The van der Waals surface area contributed by atoms with Crippen molar-refractivity contribution in [2.24, 2.45) is 0 Å². The maximum absolute atomic E-state index is 10.3. The summed E-state index contributed by atoms with van der Waals surface area (Å²) >= 11 is 0. The average molecular weight is 233 g/mol. The Balaban J connectivity index is 2.21. The molecule has 1 N–H and O–H groups in total. The first-order valence-electron chi connectivity index (χ1n) is 6.36. The molecule has 17 heavy (non-hydrogen) atoms. The number of hydrogen-bond donors (Lipinski definition) is 1. The van der Waals surface area contributed by atoms with Gasteiger partial charge in [-0.15, -0.1) is 0 Å². The molecule has 0 unspecified atom stereocenters. The first-order chi connectivity index (χ1) is 8.18. The van der Waals surface area contributed by atoms with E-state index < -0.39 is 0 Å². The standard InChI is InChI=1S/C14H19NO2/c1-9-12-7-15(2)8-17-14(12)11-6-4-3-5-10(11)13(9)16/h16H,3-8H2,1-2H3.